The normalized spacial score (nSPS) is 10.3. The Morgan fingerprint density at radius 1 is 1.33 bits per heavy atom. The van der Waals surface area contributed by atoms with Crippen molar-refractivity contribution in [3.63, 3.8) is 0 Å². The Balaban J connectivity index is 2.59. The molecule has 0 atom stereocenters. The summed E-state index contributed by atoms with van der Waals surface area (Å²) in [5.41, 5.74) is 12.4. The number of benzene rings is 1. The Labute approximate surface area is 117 Å². The van der Waals surface area contributed by atoms with Crippen LogP contribution in [0, 0.1) is 0 Å². The molecule has 0 saturated heterocycles. The lowest BCUT2D eigenvalue weighted by atomic mass is 10.2. The minimum atomic E-state index is -0.583. The van der Waals surface area contributed by atoms with Crippen LogP contribution in [0.4, 0.5) is 0 Å². The molecular weight excluding hydrogens is 316 g/mol. The van der Waals surface area contributed by atoms with Gasteiger partial charge in [-0.25, -0.2) is 4.68 Å². The van der Waals surface area contributed by atoms with E-state index in [4.69, 9.17) is 23.7 Å². The molecule has 0 unspecified atom stereocenters. The summed E-state index contributed by atoms with van der Waals surface area (Å²) < 4.78 is 2.28. The van der Waals surface area contributed by atoms with E-state index in [9.17, 15) is 4.79 Å². The maximum absolute atomic E-state index is 11.0. The number of carbonyl (C=O) groups is 1. The second-order valence-electron chi connectivity index (χ2n) is 3.51. The van der Waals surface area contributed by atoms with Crippen molar-refractivity contribution >= 4 is 39.0 Å². The highest BCUT2D eigenvalue weighted by Crippen LogP contribution is 2.23. The maximum atomic E-state index is 11.0. The molecule has 18 heavy (non-hydrogen) atoms. The van der Waals surface area contributed by atoms with Gasteiger partial charge in [0.15, 0.2) is 0 Å². The molecule has 2 rings (SSSR count). The number of nitrogens with zero attached hydrogens (tertiary/aromatic N) is 2. The first-order valence-electron chi connectivity index (χ1n) is 4.95. The lowest BCUT2D eigenvalue weighted by molar-refractivity contribution is 0.0995. The molecule has 1 heterocycles. The quantitative estimate of drug-likeness (QED) is 0.835. The Hall–Kier alpha value is -1.73. The van der Waals surface area contributed by atoms with Gasteiger partial charge in [0.2, 0.25) is 0 Å². The average Bonchev–Trinajstić information content (AvgIpc) is 2.77. The van der Waals surface area contributed by atoms with Crippen LogP contribution in [0.15, 0.2) is 34.9 Å². The van der Waals surface area contributed by atoms with E-state index >= 15 is 0 Å². The van der Waals surface area contributed by atoms with Crippen molar-refractivity contribution in [1.29, 1.82) is 0 Å². The second-order valence-corrected chi connectivity index (χ2v) is 4.80. The van der Waals surface area contributed by atoms with E-state index < -0.39 is 5.91 Å². The number of primary amides is 1. The summed E-state index contributed by atoms with van der Waals surface area (Å²) in [6.45, 7) is 0. The van der Waals surface area contributed by atoms with Crippen LogP contribution in [0.5, 0.6) is 0 Å². The van der Waals surface area contributed by atoms with Gasteiger partial charge in [0.25, 0.3) is 5.91 Å². The molecule has 0 fully saturated rings. The molecule has 0 aliphatic rings. The zero-order chi connectivity index (χ0) is 13.3. The summed E-state index contributed by atoms with van der Waals surface area (Å²) in [6, 6.07) is 6.99. The minimum Gasteiger partial charge on any atom is -0.389 e. The number of hydrogen-bond donors (Lipinski definition) is 2. The molecule has 5 nitrogen and oxygen atoms in total. The monoisotopic (exact) mass is 324 g/mol. The highest BCUT2D eigenvalue weighted by molar-refractivity contribution is 9.10. The number of rotatable bonds is 3. The van der Waals surface area contributed by atoms with E-state index in [1.807, 2.05) is 12.1 Å². The van der Waals surface area contributed by atoms with E-state index in [0.29, 0.717) is 11.3 Å². The van der Waals surface area contributed by atoms with Gasteiger partial charge in [-0.3, -0.25) is 4.79 Å². The van der Waals surface area contributed by atoms with Gasteiger partial charge in [0.1, 0.15) is 10.7 Å². The third kappa shape index (κ3) is 2.27. The van der Waals surface area contributed by atoms with Crippen molar-refractivity contribution in [3.8, 4) is 5.69 Å². The van der Waals surface area contributed by atoms with Gasteiger partial charge < -0.3 is 11.5 Å². The van der Waals surface area contributed by atoms with Crippen LogP contribution in [0.1, 0.15) is 16.1 Å². The molecule has 0 saturated carbocycles. The molecule has 1 aromatic carbocycles. The maximum Gasteiger partial charge on any atom is 0.269 e. The molecule has 7 heteroatoms. The van der Waals surface area contributed by atoms with E-state index in [-0.39, 0.29) is 10.7 Å². The Kier molecular flexibility index (Phi) is 3.44. The number of carbonyl (C=O) groups excluding carboxylic acids is 1. The number of nitrogens with two attached hydrogens (primary N) is 2. The van der Waals surface area contributed by atoms with E-state index in [2.05, 4.69) is 21.0 Å². The average molecular weight is 325 g/mol. The first-order chi connectivity index (χ1) is 8.50. The molecule has 0 bridgehead atoms. The number of hydrogen-bond acceptors (Lipinski definition) is 3. The van der Waals surface area contributed by atoms with Gasteiger partial charge in [-0.15, -0.1) is 0 Å². The van der Waals surface area contributed by atoms with Crippen LogP contribution in [0.25, 0.3) is 5.69 Å². The minimum absolute atomic E-state index is 0.184. The summed E-state index contributed by atoms with van der Waals surface area (Å²) in [7, 11) is 0. The van der Waals surface area contributed by atoms with Crippen molar-refractivity contribution in [2.24, 2.45) is 11.5 Å². The van der Waals surface area contributed by atoms with Crippen LogP contribution in [0.3, 0.4) is 0 Å². The highest BCUT2D eigenvalue weighted by atomic mass is 79.9. The molecule has 4 N–H and O–H groups in total. The van der Waals surface area contributed by atoms with Gasteiger partial charge in [-0.05, 0) is 34.1 Å². The first-order valence-corrected chi connectivity index (χ1v) is 6.15. The lowest BCUT2D eigenvalue weighted by Gasteiger charge is -2.09. The fourth-order valence-corrected chi connectivity index (χ4v) is 2.45. The third-order valence-corrected chi connectivity index (χ3v) is 3.19. The second kappa shape index (κ2) is 4.87. The third-order valence-electron chi connectivity index (χ3n) is 2.33. The van der Waals surface area contributed by atoms with Crippen molar-refractivity contribution in [2.45, 2.75) is 0 Å². The number of amides is 1. The topological polar surface area (TPSA) is 86.9 Å². The summed E-state index contributed by atoms with van der Waals surface area (Å²) in [5.74, 6) is -0.583. The SMILES string of the molecule is NC(=O)c1ccn(-c2cccc(Br)c2C(N)=S)n1. The Morgan fingerprint density at radius 3 is 2.61 bits per heavy atom. The van der Waals surface area contributed by atoms with Crippen LogP contribution in [0.2, 0.25) is 0 Å². The predicted octanol–water partition coefficient (Wildman–Crippen LogP) is 1.37. The molecule has 0 spiro atoms. The van der Waals surface area contributed by atoms with Gasteiger partial charge in [-0.2, -0.15) is 5.10 Å². The Bertz CT molecular complexity index is 638. The Morgan fingerprint density at radius 2 is 2.06 bits per heavy atom. The molecular formula is C11H9BrN4OS. The number of halogens is 1. The molecule has 2 aromatic rings. The van der Waals surface area contributed by atoms with Crippen LogP contribution >= 0.6 is 28.1 Å². The van der Waals surface area contributed by atoms with Crippen molar-refractivity contribution < 1.29 is 4.79 Å². The van der Waals surface area contributed by atoms with Crippen LogP contribution in [-0.4, -0.2) is 20.7 Å². The summed E-state index contributed by atoms with van der Waals surface area (Å²) in [6.07, 6.45) is 1.63. The zero-order valence-electron chi connectivity index (χ0n) is 9.13. The summed E-state index contributed by atoms with van der Waals surface area (Å²) in [4.78, 5) is 11.3. The zero-order valence-corrected chi connectivity index (χ0v) is 11.5. The van der Waals surface area contributed by atoms with Gasteiger partial charge in [-0.1, -0.05) is 18.3 Å². The number of aromatic nitrogens is 2. The fourth-order valence-electron chi connectivity index (χ4n) is 1.54. The molecule has 1 amide bonds. The van der Waals surface area contributed by atoms with Gasteiger partial charge in [0.05, 0.1) is 5.69 Å². The van der Waals surface area contributed by atoms with Gasteiger partial charge >= 0.3 is 0 Å². The summed E-state index contributed by atoms with van der Waals surface area (Å²) >= 11 is 8.39. The smallest absolute Gasteiger partial charge is 0.269 e. The fraction of sp³-hybridized carbons (Fsp3) is 0. The first kappa shape index (κ1) is 12.7. The van der Waals surface area contributed by atoms with E-state index in [1.165, 1.54) is 10.7 Å². The molecule has 0 radical (unpaired) electrons. The standard InChI is InChI=1S/C11H9BrN4OS/c12-6-2-1-3-8(9(6)11(14)18)16-5-4-7(15-16)10(13)17/h1-5H,(H2,13,17)(H2,14,18). The molecule has 0 aliphatic carbocycles. The summed E-state index contributed by atoms with van der Waals surface area (Å²) in [5, 5.41) is 4.07. The molecule has 1 aromatic heterocycles. The molecule has 92 valence electrons. The number of thiocarbonyl (C=S) groups is 1. The van der Waals surface area contributed by atoms with Crippen molar-refractivity contribution in [3.05, 3.63) is 46.2 Å². The highest BCUT2D eigenvalue weighted by Gasteiger charge is 2.13. The van der Waals surface area contributed by atoms with Crippen LogP contribution < -0.4 is 11.5 Å². The van der Waals surface area contributed by atoms with E-state index in [1.54, 1.807) is 12.3 Å². The molecule has 0 aliphatic heterocycles. The lowest BCUT2D eigenvalue weighted by Crippen LogP contribution is -2.16. The predicted molar refractivity (Wildman–Crippen MR) is 75.7 cm³/mol. The van der Waals surface area contributed by atoms with Gasteiger partial charge in [0, 0.05) is 16.2 Å². The van der Waals surface area contributed by atoms with Crippen molar-refractivity contribution in [2.75, 3.05) is 0 Å². The largest absolute Gasteiger partial charge is 0.389 e. The van der Waals surface area contributed by atoms with Crippen molar-refractivity contribution in [1.82, 2.24) is 9.78 Å². The van der Waals surface area contributed by atoms with E-state index in [0.717, 1.165) is 4.47 Å². The van der Waals surface area contributed by atoms with Crippen LogP contribution in [-0.2, 0) is 0 Å².